The highest BCUT2D eigenvalue weighted by Gasteiger charge is 2.18. The predicted molar refractivity (Wildman–Crippen MR) is 74.3 cm³/mol. The molecule has 1 aliphatic rings. The Bertz CT molecular complexity index is 417. The van der Waals surface area contributed by atoms with Crippen LogP contribution in [0, 0.1) is 0 Å². The average molecular weight is 263 g/mol. The third-order valence-electron chi connectivity index (χ3n) is 3.19. The molecule has 1 fully saturated rings. The van der Waals surface area contributed by atoms with Crippen molar-refractivity contribution < 1.29 is 9.53 Å². The van der Waals surface area contributed by atoms with E-state index in [-0.39, 0.29) is 11.9 Å². The summed E-state index contributed by atoms with van der Waals surface area (Å²) < 4.78 is 5.29. The number of hydrogen-bond acceptors (Lipinski definition) is 4. The molecule has 0 aliphatic carbocycles. The van der Waals surface area contributed by atoms with Crippen LogP contribution in [0.4, 0.5) is 5.69 Å². The van der Waals surface area contributed by atoms with Crippen LogP contribution in [0.15, 0.2) is 18.5 Å². The Balaban J connectivity index is 2.00. The zero-order valence-electron chi connectivity index (χ0n) is 11.3. The van der Waals surface area contributed by atoms with Gasteiger partial charge >= 0.3 is 0 Å². The topological polar surface area (TPSA) is 63.2 Å². The van der Waals surface area contributed by atoms with E-state index in [1.54, 1.807) is 18.5 Å². The highest BCUT2D eigenvalue weighted by Crippen LogP contribution is 2.15. The summed E-state index contributed by atoms with van der Waals surface area (Å²) in [5, 5.41) is 6.30. The summed E-state index contributed by atoms with van der Waals surface area (Å²) in [6.45, 7) is 4.37. The van der Waals surface area contributed by atoms with Crippen LogP contribution in [0.5, 0.6) is 0 Å². The highest BCUT2D eigenvalue weighted by molar-refractivity contribution is 5.99. The van der Waals surface area contributed by atoms with E-state index in [0.717, 1.165) is 44.7 Å². The van der Waals surface area contributed by atoms with E-state index in [4.69, 9.17) is 4.74 Å². The Morgan fingerprint density at radius 1 is 1.47 bits per heavy atom. The first-order valence-electron chi connectivity index (χ1n) is 6.87. The molecule has 1 aromatic heterocycles. The molecule has 2 N–H and O–H groups in total. The maximum atomic E-state index is 12.3. The molecule has 5 heteroatoms. The summed E-state index contributed by atoms with van der Waals surface area (Å²) >= 11 is 0. The number of nitrogens with one attached hydrogen (secondary N) is 2. The molecule has 0 saturated carbocycles. The van der Waals surface area contributed by atoms with Crippen LogP contribution in [0.2, 0.25) is 0 Å². The Hall–Kier alpha value is -1.62. The molecule has 1 saturated heterocycles. The first-order chi connectivity index (χ1) is 9.31. The lowest BCUT2D eigenvalue weighted by atomic mass is 10.1. The van der Waals surface area contributed by atoms with Crippen molar-refractivity contribution in [2.24, 2.45) is 0 Å². The molecule has 2 heterocycles. The molecule has 0 spiro atoms. The SMILES string of the molecule is CCCNc1cnccc1C(=O)NC1CCOCC1. The number of carbonyl (C=O) groups is 1. The summed E-state index contributed by atoms with van der Waals surface area (Å²) in [5.41, 5.74) is 1.46. The minimum atomic E-state index is -0.0343. The lowest BCUT2D eigenvalue weighted by Crippen LogP contribution is -2.39. The van der Waals surface area contributed by atoms with Crippen LogP contribution in [0.3, 0.4) is 0 Å². The van der Waals surface area contributed by atoms with Gasteiger partial charge in [0.2, 0.25) is 0 Å². The van der Waals surface area contributed by atoms with E-state index in [2.05, 4.69) is 22.5 Å². The zero-order chi connectivity index (χ0) is 13.5. The number of rotatable bonds is 5. The number of anilines is 1. The number of aromatic nitrogens is 1. The second-order valence-electron chi connectivity index (χ2n) is 4.71. The fourth-order valence-corrected chi connectivity index (χ4v) is 2.10. The van der Waals surface area contributed by atoms with Gasteiger partial charge in [0.25, 0.3) is 5.91 Å². The fourth-order valence-electron chi connectivity index (χ4n) is 2.10. The summed E-state index contributed by atoms with van der Waals surface area (Å²) in [5.74, 6) is -0.0343. The summed E-state index contributed by atoms with van der Waals surface area (Å²) in [7, 11) is 0. The van der Waals surface area contributed by atoms with Crippen LogP contribution >= 0.6 is 0 Å². The van der Waals surface area contributed by atoms with Crippen molar-refractivity contribution in [3.05, 3.63) is 24.0 Å². The third-order valence-corrected chi connectivity index (χ3v) is 3.19. The zero-order valence-corrected chi connectivity index (χ0v) is 11.3. The summed E-state index contributed by atoms with van der Waals surface area (Å²) in [4.78, 5) is 16.3. The molecule has 19 heavy (non-hydrogen) atoms. The minimum Gasteiger partial charge on any atom is -0.383 e. The van der Waals surface area contributed by atoms with Gasteiger partial charge in [0.15, 0.2) is 0 Å². The van der Waals surface area contributed by atoms with Gasteiger partial charge in [0, 0.05) is 32.0 Å². The molecule has 0 unspecified atom stereocenters. The Kier molecular flexibility index (Phi) is 5.15. The van der Waals surface area contributed by atoms with E-state index in [0.29, 0.717) is 5.56 Å². The molecular formula is C14H21N3O2. The van der Waals surface area contributed by atoms with Gasteiger partial charge in [-0.05, 0) is 25.3 Å². The van der Waals surface area contributed by atoms with E-state index in [1.807, 2.05) is 0 Å². The standard InChI is InChI=1S/C14H21N3O2/c1-2-6-16-13-10-15-7-3-12(13)14(18)17-11-4-8-19-9-5-11/h3,7,10-11,16H,2,4-6,8-9H2,1H3,(H,17,18). The van der Waals surface area contributed by atoms with Crippen molar-refractivity contribution in [2.75, 3.05) is 25.1 Å². The fraction of sp³-hybridized carbons (Fsp3) is 0.571. The molecular weight excluding hydrogens is 242 g/mol. The lowest BCUT2D eigenvalue weighted by molar-refractivity contribution is 0.0697. The number of nitrogens with zero attached hydrogens (tertiary/aromatic N) is 1. The average Bonchev–Trinajstić information content (AvgIpc) is 2.46. The van der Waals surface area contributed by atoms with Gasteiger partial charge in [-0.15, -0.1) is 0 Å². The van der Waals surface area contributed by atoms with Gasteiger partial charge in [-0.2, -0.15) is 0 Å². The first-order valence-corrected chi connectivity index (χ1v) is 6.87. The summed E-state index contributed by atoms with van der Waals surface area (Å²) in [6.07, 6.45) is 6.13. The van der Waals surface area contributed by atoms with Crippen molar-refractivity contribution in [3.8, 4) is 0 Å². The van der Waals surface area contributed by atoms with Gasteiger partial charge in [-0.3, -0.25) is 9.78 Å². The molecule has 2 rings (SSSR count). The molecule has 1 amide bonds. The maximum Gasteiger partial charge on any atom is 0.253 e. The van der Waals surface area contributed by atoms with Crippen molar-refractivity contribution >= 4 is 11.6 Å². The number of hydrogen-bond donors (Lipinski definition) is 2. The quantitative estimate of drug-likeness (QED) is 0.850. The van der Waals surface area contributed by atoms with Crippen LogP contribution in [-0.2, 0) is 4.74 Å². The number of carbonyl (C=O) groups excluding carboxylic acids is 1. The van der Waals surface area contributed by atoms with Gasteiger partial charge < -0.3 is 15.4 Å². The van der Waals surface area contributed by atoms with Gasteiger partial charge in [-0.25, -0.2) is 0 Å². The maximum absolute atomic E-state index is 12.3. The molecule has 1 aromatic rings. The minimum absolute atomic E-state index is 0.0343. The van der Waals surface area contributed by atoms with Crippen molar-refractivity contribution in [3.63, 3.8) is 0 Å². The van der Waals surface area contributed by atoms with E-state index in [1.165, 1.54) is 0 Å². The Morgan fingerprint density at radius 3 is 3.00 bits per heavy atom. The lowest BCUT2D eigenvalue weighted by Gasteiger charge is -2.23. The number of pyridine rings is 1. The number of amides is 1. The summed E-state index contributed by atoms with van der Waals surface area (Å²) in [6, 6.07) is 1.97. The Labute approximate surface area is 113 Å². The van der Waals surface area contributed by atoms with Crippen LogP contribution in [0.1, 0.15) is 36.5 Å². The molecule has 0 atom stereocenters. The highest BCUT2D eigenvalue weighted by atomic mass is 16.5. The van der Waals surface area contributed by atoms with Gasteiger partial charge in [-0.1, -0.05) is 6.92 Å². The second-order valence-corrected chi connectivity index (χ2v) is 4.71. The molecule has 0 bridgehead atoms. The van der Waals surface area contributed by atoms with Crippen molar-refractivity contribution in [1.82, 2.24) is 10.3 Å². The van der Waals surface area contributed by atoms with E-state index in [9.17, 15) is 4.79 Å². The molecule has 5 nitrogen and oxygen atoms in total. The molecule has 1 aliphatic heterocycles. The van der Waals surface area contributed by atoms with Crippen LogP contribution in [-0.4, -0.2) is 36.7 Å². The monoisotopic (exact) mass is 263 g/mol. The number of ether oxygens (including phenoxy) is 1. The largest absolute Gasteiger partial charge is 0.383 e. The molecule has 0 aromatic carbocycles. The van der Waals surface area contributed by atoms with E-state index < -0.39 is 0 Å². The van der Waals surface area contributed by atoms with Gasteiger partial charge in [0.05, 0.1) is 17.4 Å². The smallest absolute Gasteiger partial charge is 0.253 e. The van der Waals surface area contributed by atoms with Crippen molar-refractivity contribution in [1.29, 1.82) is 0 Å². The second kappa shape index (κ2) is 7.09. The van der Waals surface area contributed by atoms with Gasteiger partial charge in [0.1, 0.15) is 0 Å². The normalized spacial score (nSPS) is 16.1. The molecule has 0 radical (unpaired) electrons. The van der Waals surface area contributed by atoms with Crippen LogP contribution in [0.25, 0.3) is 0 Å². The Morgan fingerprint density at radius 2 is 2.26 bits per heavy atom. The third kappa shape index (κ3) is 3.92. The van der Waals surface area contributed by atoms with Crippen LogP contribution < -0.4 is 10.6 Å². The van der Waals surface area contributed by atoms with Crippen molar-refractivity contribution in [2.45, 2.75) is 32.2 Å². The predicted octanol–water partition coefficient (Wildman–Crippen LogP) is 1.81. The first kappa shape index (κ1) is 13.8. The van der Waals surface area contributed by atoms with E-state index >= 15 is 0 Å². The molecule has 104 valence electrons.